The molecular formula is C17H19N3O3S. The summed E-state index contributed by atoms with van der Waals surface area (Å²) in [5.74, 6) is -0.177. The summed E-state index contributed by atoms with van der Waals surface area (Å²) in [6.45, 7) is 8.04. The molecule has 0 bridgehead atoms. The molecule has 24 heavy (non-hydrogen) atoms. The van der Waals surface area contributed by atoms with Gasteiger partial charge in [-0.2, -0.15) is 0 Å². The minimum absolute atomic E-state index is 0.131. The van der Waals surface area contributed by atoms with E-state index in [1.165, 1.54) is 22.2 Å². The SMILES string of the molecule is Cc1cc(C)c2c(n1)sc1c(=O)n(CC(=O)OCC(C)C)cnc12. The molecule has 0 spiro atoms. The van der Waals surface area contributed by atoms with Crippen molar-refractivity contribution in [2.24, 2.45) is 5.92 Å². The fourth-order valence-electron chi connectivity index (χ4n) is 2.56. The smallest absolute Gasteiger partial charge is 0.326 e. The fourth-order valence-corrected chi connectivity index (χ4v) is 3.76. The maximum Gasteiger partial charge on any atom is 0.326 e. The van der Waals surface area contributed by atoms with Crippen LogP contribution in [0.2, 0.25) is 0 Å². The summed E-state index contributed by atoms with van der Waals surface area (Å²) in [5.41, 5.74) is 2.37. The van der Waals surface area contributed by atoms with Crippen molar-refractivity contribution < 1.29 is 9.53 Å². The Hall–Kier alpha value is -2.28. The van der Waals surface area contributed by atoms with E-state index in [-0.39, 0.29) is 18.0 Å². The van der Waals surface area contributed by atoms with Gasteiger partial charge in [0.05, 0.1) is 18.5 Å². The number of esters is 1. The van der Waals surface area contributed by atoms with Gasteiger partial charge in [-0.25, -0.2) is 9.97 Å². The van der Waals surface area contributed by atoms with Crippen LogP contribution in [0, 0.1) is 19.8 Å². The van der Waals surface area contributed by atoms with Crippen molar-refractivity contribution in [3.8, 4) is 0 Å². The normalized spacial score (nSPS) is 11.5. The molecule has 6 nitrogen and oxygen atoms in total. The number of hydrogen-bond acceptors (Lipinski definition) is 6. The van der Waals surface area contributed by atoms with Gasteiger partial charge in [0.2, 0.25) is 0 Å². The summed E-state index contributed by atoms with van der Waals surface area (Å²) in [6.07, 6.45) is 1.41. The number of hydrogen-bond donors (Lipinski definition) is 0. The van der Waals surface area contributed by atoms with Gasteiger partial charge in [-0.05, 0) is 31.4 Å². The lowest BCUT2D eigenvalue weighted by atomic mass is 10.1. The first-order valence-electron chi connectivity index (χ1n) is 7.78. The molecule has 126 valence electrons. The minimum Gasteiger partial charge on any atom is -0.464 e. The number of rotatable bonds is 4. The van der Waals surface area contributed by atoms with Gasteiger partial charge in [-0.15, -0.1) is 11.3 Å². The van der Waals surface area contributed by atoms with Crippen molar-refractivity contribution in [3.63, 3.8) is 0 Å². The summed E-state index contributed by atoms with van der Waals surface area (Å²) in [7, 11) is 0. The molecule has 0 atom stereocenters. The van der Waals surface area contributed by atoms with Crippen LogP contribution in [0.5, 0.6) is 0 Å². The molecule has 0 saturated heterocycles. The maximum absolute atomic E-state index is 12.7. The number of carbonyl (C=O) groups excluding carboxylic acids is 1. The van der Waals surface area contributed by atoms with Gasteiger partial charge in [0, 0.05) is 11.1 Å². The standard InChI is InChI=1S/C17H19N3O3S/c1-9(2)7-23-12(21)6-20-8-18-14-13-10(3)5-11(4)19-16(13)24-15(14)17(20)22/h5,8-9H,6-7H2,1-4H3. The van der Waals surface area contributed by atoms with Gasteiger partial charge in [-0.1, -0.05) is 13.8 Å². The second kappa shape index (κ2) is 6.32. The average molecular weight is 345 g/mol. The van der Waals surface area contributed by atoms with Gasteiger partial charge in [0.1, 0.15) is 16.1 Å². The minimum atomic E-state index is -0.432. The van der Waals surface area contributed by atoms with Crippen molar-refractivity contribution in [1.82, 2.24) is 14.5 Å². The first-order chi connectivity index (χ1) is 11.4. The van der Waals surface area contributed by atoms with Gasteiger partial charge in [-0.3, -0.25) is 14.2 Å². The second-order valence-electron chi connectivity index (χ2n) is 6.29. The van der Waals surface area contributed by atoms with E-state index in [4.69, 9.17) is 4.74 Å². The molecule has 0 aliphatic heterocycles. The highest BCUT2D eigenvalue weighted by Gasteiger charge is 2.16. The summed E-state index contributed by atoms with van der Waals surface area (Å²) in [5, 5.41) is 0.909. The summed E-state index contributed by atoms with van der Waals surface area (Å²) < 4.78 is 6.95. The molecule has 0 N–H and O–H groups in total. The van der Waals surface area contributed by atoms with Gasteiger partial charge < -0.3 is 4.74 Å². The van der Waals surface area contributed by atoms with Crippen molar-refractivity contribution in [2.75, 3.05) is 6.61 Å². The van der Waals surface area contributed by atoms with Crippen LogP contribution in [0.15, 0.2) is 17.2 Å². The molecule has 0 fully saturated rings. The zero-order chi connectivity index (χ0) is 17.4. The van der Waals surface area contributed by atoms with E-state index in [0.717, 1.165) is 21.5 Å². The number of ether oxygens (including phenoxy) is 1. The Balaban J connectivity index is 2.02. The Morgan fingerprint density at radius 3 is 2.83 bits per heavy atom. The van der Waals surface area contributed by atoms with E-state index in [2.05, 4.69) is 9.97 Å². The lowest BCUT2D eigenvalue weighted by Crippen LogP contribution is -2.25. The van der Waals surface area contributed by atoms with Crippen molar-refractivity contribution in [2.45, 2.75) is 34.2 Å². The van der Waals surface area contributed by atoms with Crippen LogP contribution in [0.1, 0.15) is 25.1 Å². The van der Waals surface area contributed by atoms with Crippen LogP contribution in [-0.2, 0) is 16.1 Å². The fraction of sp³-hybridized carbons (Fsp3) is 0.412. The second-order valence-corrected chi connectivity index (χ2v) is 7.29. The third kappa shape index (κ3) is 3.03. The topological polar surface area (TPSA) is 74.1 Å². The van der Waals surface area contributed by atoms with E-state index >= 15 is 0 Å². The molecule has 0 saturated carbocycles. The van der Waals surface area contributed by atoms with Crippen LogP contribution in [-0.4, -0.2) is 27.1 Å². The zero-order valence-electron chi connectivity index (χ0n) is 14.1. The lowest BCUT2D eigenvalue weighted by molar-refractivity contribution is -0.145. The van der Waals surface area contributed by atoms with E-state index in [1.807, 2.05) is 33.8 Å². The number of fused-ring (bicyclic) bond motifs is 3. The first-order valence-corrected chi connectivity index (χ1v) is 8.60. The molecule has 7 heteroatoms. The number of aryl methyl sites for hydroxylation is 2. The highest BCUT2D eigenvalue weighted by atomic mass is 32.1. The van der Waals surface area contributed by atoms with Gasteiger partial charge in [0.25, 0.3) is 5.56 Å². The summed E-state index contributed by atoms with van der Waals surface area (Å²) in [4.78, 5) is 34.2. The molecule has 0 unspecified atom stereocenters. The third-order valence-electron chi connectivity index (χ3n) is 3.62. The molecular weight excluding hydrogens is 326 g/mol. The van der Waals surface area contributed by atoms with Gasteiger partial charge in [0.15, 0.2) is 0 Å². The molecule has 0 aliphatic rings. The molecule has 3 heterocycles. The quantitative estimate of drug-likeness (QED) is 0.680. The predicted molar refractivity (Wildman–Crippen MR) is 94.5 cm³/mol. The molecule has 3 aromatic rings. The number of pyridine rings is 1. The number of carbonyl (C=O) groups is 1. The van der Waals surface area contributed by atoms with E-state index in [1.54, 1.807) is 0 Å². The number of thiophene rings is 1. The molecule has 0 aromatic carbocycles. The van der Waals surface area contributed by atoms with Gasteiger partial charge >= 0.3 is 5.97 Å². The average Bonchev–Trinajstić information content (AvgIpc) is 2.87. The molecule has 0 amide bonds. The number of nitrogens with zero attached hydrogens (tertiary/aromatic N) is 3. The predicted octanol–water partition coefficient (Wildman–Crippen LogP) is 2.82. The van der Waals surface area contributed by atoms with Crippen LogP contribution >= 0.6 is 11.3 Å². The Morgan fingerprint density at radius 2 is 2.12 bits per heavy atom. The van der Waals surface area contributed by atoms with Crippen molar-refractivity contribution in [3.05, 3.63) is 34.0 Å². The van der Waals surface area contributed by atoms with E-state index in [0.29, 0.717) is 16.8 Å². The van der Waals surface area contributed by atoms with Crippen LogP contribution in [0.25, 0.3) is 20.4 Å². The summed E-state index contributed by atoms with van der Waals surface area (Å²) >= 11 is 1.32. The number of aromatic nitrogens is 3. The highest BCUT2D eigenvalue weighted by molar-refractivity contribution is 7.25. The summed E-state index contributed by atoms with van der Waals surface area (Å²) in [6, 6.07) is 1.98. The Kier molecular flexibility index (Phi) is 4.36. The molecule has 0 radical (unpaired) electrons. The third-order valence-corrected chi connectivity index (χ3v) is 4.68. The van der Waals surface area contributed by atoms with E-state index < -0.39 is 5.97 Å². The largest absolute Gasteiger partial charge is 0.464 e. The molecule has 3 rings (SSSR count). The monoisotopic (exact) mass is 345 g/mol. The van der Waals surface area contributed by atoms with Crippen molar-refractivity contribution in [1.29, 1.82) is 0 Å². The molecule has 0 aliphatic carbocycles. The van der Waals surface area contributed by atoms with Crippen LogP contribution < -0.4 is 5.56 Å². The highest BCUT2D eigenvalue weighted by Crippen LogP contribution is 2.31. The van der Waals surface area contributed by atoms with Crippen LogP contribution in [0.3, 0.4) is 0 Å². The first kappa shape index (κ1) is 16.6. The van der Waals surface area contributed by atoms with Crippen molar-refractivity contribution >= 4 is 37.7 Å². The van der Waals surface area contributed by atoms with E-state index in [9.17, 15) is 9.59 Å². The zero-order valence-corrected chi connectivity index (χ0v) is 14.9. The molecule has 3 aromatic heterocycles. The Morgan fingerprint density at radius 1 is 1.38 bits per heavy atom. The lowest BCUT2D eigenvalue weighted by Gasteiger charge is -2.08. The maximum atomic E-state index is 12.7. The Labute approximate surface area is 143 Å². The van der Waals surface area contributed by atoms with Crippen LogP contribution in [0.4, 0.5) is 0 Å². The Bertz CT molecular complexity index is 988.